The van der Waals surface area contributed by atoms with Gasteiger partial charge in [0.1, 0.15) is 5.75 Å². The van der Waals surface area contributed by atoms with Crippen molar-refractivity contribution in [3.8, 4) is 5.75 Å². The molecule has 0 atom stereocenters. The van der Waals surface area contributed by atoms with Crippen LogP contribution in [0.3, 0.4) is 0 Å². The van der Waals surface area contributed by atoms with E-state index in [0.717, 1.165) is 9.35 Å². The topological polar surface area (TPSA) is 64.3 Å². The molecule has 0 bridgehead atoms. The number of rotatable bonds is 4. The zero-order valence-electron chi connectivity index (χ0n) is 10.3. The summed E-state index contributed by atoms with van der Waals surface area (Å²) in [4.78, 5) is 13.1. The molecule has 0 fully saturated rings. The van der Waals surface area contributed by atoms with Crippen LogP contribution < -0.4 is 15.8 Å². The van der Waals surface area contributed by atoms with Gasteiger partial charge in [0.2, 0.25) is 0 Å². The van der Waals surface area contributed by atoms with Gasteiger partial charge in [0.05, 0.1) is 24.9 Å². The molecular weight excluding hydrogens is 328 g/mol. The zero-order chi connectivity index (χ0) is 13.8. The molecule has 19 heavy (non-hydrogen) atoms. The van der Waals surface area contributed by atoms with Gasteiger partial charge in [-0.05, 0) is 39.5 Å². The van der Waals surface area contributed by atoms with Gasteiger partial charge in [-0.25, -0.2) is 0 Å². The molecule has 0 saturated heterocycles. The fourth-order valence-electron chi connectivity index (χ4n) is 1.63. The molecule has 6 heteroatoms. The summed E-state index contributed by atoms with van der Waals surface area (Å²) in [6.07, 6.45) is 0. The number of nitrogen functional groups attached to an aromatic ring is 1. The molecule has 0 aliphatic carbocycles. The number of hydrogen-bond acceptors (Lipinski definition) is 4. The maximum atomic E-state index is 12.1. The molecule has 0 aliphatic heterocycles. The first kappa shape index (κ1) is 13.9. The molecule has 0 aliphatic rings. The van der Waals surface area contributed by atoms with E-state index >= 15 is 0 Å². The van der Waals surface area contributed by atoms with Crippen molar-refractivity contribution in [3.05, 3.63) is 44.6 Å². The van der Waals surface area contributed by atoms with Crippen LogP contribution in [-0.4, -0.2) is 13.0 Å². The Labute approximate surface area is 123 Å². The van der Waals surface area contributed by atoms with Crippen molar-refractivity contribution in [2.75, 3.05) is 12.8 Å². The lowest BCUT2D eigenvalue weighted by atomic mass is 10.1. The average molecular weight is 341 g/mol. The number of nitrogens with one attached hydrogen (secondary N) is 1. The molecule has 1 aromatic carbocycles. The second kappa shape index (κ2) is 6.08. The second-order valence-electron chi connectivity index (χ2n) is 3.80. The number of ether oxygens (including phenoxy) is 1. The number of para-hydroxylation sites is 1. The van der Waals surface area contributed by atoms with Crippen molar-refractivity contribution < 1.29 is 9.53 Å². The first-order valence-corrected chi connectivity index (χ1v) is 7.23. The number of nitrogens with two attached hydrogens (primary N) is 1. The van der Waals surface area contributed by atoms with E-state index in [1.54, 1.807) is 29.5 Å². The van der Waals surface area contributed by atoms with Gasteiger partial charge in [-0.2, -0.15) is 0 Å². The van der Waals surface area contributed by atoms with Crippen molar-refractivity contribution in [3.63, 3.8) is 0 Å². The molecule has 0 radical (unpaired) electrons. The van der Waals surface area contributed by atoms with Crippen LogP contribution in [0.4, 0.5) is 5.69 Å². The molecule has 1 amide bonds. The third-order valence-electron chi connectivity index (χ3n) is 2.63. The van der Waals surface area contributed by atoms with Crippen molar-refractivity contribution >= 4 is 38.9 Å². The van der Waals surface area contributed by atoms with E-state index < -0.39 is 0 Å². The predicted molar refractivity (Wildman–Crippen MR) is 80.6 cm³/mol. The molecule has 0 saturated carbocycles. The summed E-state index contributed by atoms with van der Waals surface area (Å²) in [5.74, 6) is 0.293. The van der Waals surface area contributed by atoms with Crippen LogP contribution in [0.1, 0.15) is 15.2 Å². The average Bonchev–Trinajstić information content (AvgIpc) is 2.82. The lowest BCUT2D eigenvalue weighted by molar-refractivity contribution is 0.0952. The van der Waals surface area contributed by atoms with E-state index in [1.807, 2.05) is 11.4 Å². The number of methoxy groups -OCH3 is 1. The van der Waals surface area contributed by atoms with Crippen LogP contribution >= 0.6 is 27.3 Å². The van der Waals surface area contributed by atoms with Gasteiger partial charge in [0.25, 0.3) is 5.91 Å². The smallest absolute Gasteiger partial charge is 0.253 e. The van der Waals surface area contributed by atoms with Crippen LogP contribution in [0, 0.1) is 0 Å². The first-order chi connectivity index (χ1) is 9.13. The minimum Gasteiger partial charge on any atom is -0.495 e. The number of carbonyl (C=O) groups is 1. The van der Waals surface area contributed by atoms with Crippen molar-refractivity contribution in [1.29, 1.82) is 0 Å². The second-order valence-corrected chi connectivity index (χ2v) is 5.65. The summed E-state index contributed by atoms with van der Waals surface area (Å²) >= 11 is 5.01. The van der Waals surface area contributed by atoms with Gasteiger partial charge in [-0.3, -0.25) is 4.79 Å². The maximum Gasteiger partial charge on any atom is 0.253 e. The molecular formula is C13H13BrN2O2S. The summed E-state index contributed by atoms with van der Waals surface area (Å²) in [5, 5.41) is 4.80. The molecule has 0 spiro atoms. The number of hydrogen-bond donors (Lipinski definition) is 2. The summed E-state index contributed by atoms with van der Waals surface area (Å²) < 4.78 is 6.09. The number of anilines is 1. The van der Waals surface area contributed by atoms with Crippen LogP contribution in [-0.2, 0) is 6.54 Å². The molecule has 3 N–H and O–H groups in total. The Bertz CT molecular complexity index is 598. The SMILES string of the molecule is COc1cccc(C(=O)NCc2sccc2Br)c1N. The van der Waals surface area contributed by atoms with E-state index in [-0.39, 0.29) is 5.91 Å². The summed E-state index contributed by atoms with van der Waals surface area (Å²) in [5.41, 5.74) is 6.66. The van der Waals surface area contributed by atoms with Gasteiger partial charge >= 0.3 is 0 Å². The van der Waals surface area contributed by atoms with E-state index in [1.165, 1.54) is 7.11 Å². The quantitative estimate of drug-likeness (QED) is 0.840. The Morgan fingerprint density at radius 3 is 2.89 bits per heavy atom. The highest BCUT2D eigenvalue weighted by Crippen LogP contribution is 2.25. The predicted octanol–water partition coefficient (Wildman–Crippen LogP) is 3.03. The van der Waals surface area contributed by atoms with Gasteiger partial charge in [-0.15, -0.1) is 11.3 Å². The molecule has 2 rings (SSSR count). The Morgan fingerprint density at radius 1 is 1.47 bits per heavy atom. The highest BCUT2D eigenvalue weighted by atomic mass is 79.9. The number of halogens is 1. The van der Waals surface area contributed by atoms with Gasteiger partial charge in [-0.1, -0.05) is 6.07 Å². The summed E-state index contributed by atoms with van der Waals surface area (Å²) in [6.45, 7) is 0.466. The van der Waals surface area contributed by atoms with Crippen molar-refractivity contribution in [2.24, 2.45) is 0 Å². The van der Waals surface area contributed by atoms with Gasteiger partial charge < -0.3 is 15.8 Å². The number of carbonyl (C=O) groups excluding carboxylic acids is 1. The van der Waals surface area contributed by atoms with E-state index in [2.05, 4.69) is 21.2 Å². The number of amides is 1. The monoisotopic (exact) mass is 340 g/mol. The van der Waals surface area contributed by atoms with Crippen LogP contribution in [0.15, 0.2) is 34.1 Å². The lowest BCUT2D eigenvalue weighted by Gasteiger charge is -2.10. The van der Waals surface area contributed by atoms with Crippen LogP contribution in [0.25, 0.3) is 0 Å². The van der Waals surface area contributed by atoms with Gasteiger partial charge in [0, 0.05) is 9.35 Å². The molecule has 2 aromatic rings. The maximum absolute atomic E-state index is 12.1. The summed E-state index contributed by atoms with van der Waals surface area (Å²) in [6, 6.07) is 7.09. The molecule has 1 heterocycles. The fraction of sp³-hybridized carbons (Fsp3) is 0.154. The summed E-state index contributed by atoms with van der Waals surface area (Å²) in [7, 11) is 1.52. The van der Waals surface area contributed by atoms with Gasteiger partial charge in [0.15, 0.2) is 0 Å². The zero-order valence-corrected chi connectivity index (χ0v) is 12.7. The molecule has 0 unspecified atom stereocenters. The fourth-order valence-corrected chi connectivity index (χ4v) is 3.06. The van der Waals surface area contributed by atoms with E-state index in [0.29, 0.717) is 23.5 Å². The Kier molecular flexibility index (Phi) is 4.44. The van der Waals surface area contributed by atoms with Crippen molar-refractivity contribution in [2.45, 2.75) is 6.54 Å². The Balaban J connectivity index is 2.10. The van der Waals surface area contributed by atoms with Crippen LogP contribution in [0.5, 0.6) is 5.75 Å². The Morgan fingerprint density at radius 2 is 2.26 bits per heavy atom. The third-order valence-corrected chi connectivity index (χ3v) is 4.56. The number of thiophene rings is 1. The highest BCUT2D eigenvalue weighted by molar-refractivity contribution is 9.10. The minimum absolute atomic E-state index is 0.211. The Hall–Kier alpha value is -1.53. The standard InChI is InChI=1S/C13H13BrN2O2S/c1-18-10-4-2-3-8(12(10)15)13(17)16-7-11-9(14)5-6-19-11/h2-6H,7,15H2,1H3,(H,16,17). The largest absolute Gasteiger partial charge is 0.495 e. The van der Waals surface area contributed by atoms with E-state index in [4.69, 9.17) is 10.5 Å². The third kappa shape index (κ3) is 3.08. The van der Waals surface area contributed by atoms with Crippen LogP contribution in [0.2, 0.25) is 0 Å². The minimum atomic E-state index is -0.211. The molecule has 100 valence electrons. The molecule has 1 aromatic heterocycles. The first-order valence-electron chi connectivity index (χ1n) is 5.56. The number of benzene rings is 1. The normalized spacial score (nSPS) is 10.2. The molecule has 4 nitrogen and oxygen atoms in total. The highest BCUT2D eigenvalue weighted by Gasteiger charge is 2.13. The van der Waals surface area contributed by atoms with E-state index in [9.17, 15) is 4.79 Å². The van der Waals surface area contributed by atoms with Crippen molar-refractivity contribution in [1.82, 2.24) is 5.32 Å². The lowest BCUT2D eigenvalue weighted by Crippen LogP contribution is -2.23.